The van der Waals surface area contributed by atoms with Crippen LogP contribution in [0.15, 0.2) is 90.2 Å². The lowest BCUT2D eigenvalue weighted by molar-refractivity contribution is -0.129. The van der Waals surface area contributed by atoms with Gasteiger partial charge in [0, 0.05) is 24.1 Å². The van der Waals surface area contributed by atoms with E-state index < -0.39 is 28.8 Å². The number of ether oxygens (including phenoxy) is 2. The third-order valence-electron chi connectivity index (χ3n) is 8.04. The lowest BCUT2D eigenvalue weighted by Gasteiger charge is -2.49. The van der Waals surface area contributed by atoms with Crippen molar-refractivity contribution in [3.05, 3.63) is 107 Å². The molecule has 0 bridgehead atoms. The number of rotatable bonds is 3. The molecule has 3 aromatic carbocycles. The van der Waals surface area contributed by atoms with E-state index in [9.17, 15) is 20.1 Å². The number of anilines is 1. The second-order valence-corrected chi connectivity index (χ2v) is 9.76. The molecule has 186 valence electrons. The van der Waals surface area contributed by atoms with Crippen LogP contribution in [0, 0.1) is 28.1 Å². The second-order valence-electron chi connectivity index (χ2n) is 9.76. The quantitative estimate of drug-likeness (QED) is 0.535. The standard InChI is InChI=1S/C31H23N3O4/c1-37-21-12-13-22-24(14-21)34-29(36)31(22)28-25(35)16-26(20-10-6-3-7-11-20)38-27(28)15-23(30(31,17-32)18-33)19-8-4-2-5-9-19/h2-14,23,26H,15-16H2,1H3,(H,34,36)/t23-,26+,31-/m1/s1. The molecule has 1 spiro atoms. The highest BCUT2D eigenvalue weighted by atomic mass is 16.5. The summed E-state index contributed by atoms with van der Waals surface area (Å²) in [6, 6.07) is 28.1. The minimum absolute atomic E-state index is 0.00763. The van der Waals surface area contributed by atoms with Crippen LogP contribution in [0.25, 0.3) is 0 Å². The van der Waals surface area contributed by atoms with E-state index in [0.717, 1.165) is 5.56 Å². The molecular weight excluding hydrogens is 478 g/mol. The molecule has 1 aliphatic carbocycles. The number of methoxy groups -OCH3 is 1. The van der Waals surface area contributed by atoms with Gasteiger partial charge in [-0.05, 0) is 22.8 Å². The van der Waals surface area contributed by atoms with E-state index in [1.807, 2.05) is 60.7 Å². The van der Waals surface area contributed by atoms with Crippen molar-refractivity contribution >= 4 is 17.4 Å². The van der Waals surface area contributed by atoms with Crippen molar-refractivity contribution in [3.63, 3.8) is 0 Å². The van der Waals surface area contributed by atoms with Crippen LogP contribution in [0.1, 0.15) is 41.6 Å². The minimum atomic E-state index is -1.92. The summed E-state index contributed by atoms with van der Waals surface area (Å²) in [4.78, 5) is 28.2. The number of allylic oxidation sites excluding steroid dienone is 1. The zero-order chi connectivity index (χ0) is 26.5. The maximum atomic E-state index is 14.2. The number of nitrogens with one attached hydrogen (secondary N) is 1. The molecule has 0 aromatic heterocycles. The van der Waals surface area contributed by atoms with Gasteiger partial charge >= 0.3 is 0 Å². The lowest BCUT2D eigenvalue weighted by atomic mass is 9.47. The Morgan fingerprint density at radius 2 is 1.58 bits per heavy atom. The Labute approximate surface area is 219 Å². The summed E-state index contributed by atoms with van der Waals surface area (Å²) >= 11 is 0. The van der Waals surface area contributed by atoms with Gasteiger partial charge in [-0.1, -0.05) is 66.7 Å². The predicted molar refractivity (Wildman–Crippen MR) is 138 cm³/mol. The number of hydrogen-bond acceptors (Lipinski definition) is 6. The van der Waals surface area contributed by atoms with Crippen LogP contribution in [0.5, 0.6) is 5.75 Å². The van der Waals surface area contributed by atoms with Gasteiger partial charge in [-0.2, -0.15) is 10.5 Å². The molecule has 0 unspecified atom stereocenters. The Balaban J connectivity index is 1.67. The van der Waals surface area contributed by atoms with Gasteiger partial charge in [0.25, 0.3) is 0 Å². The monoisotopic (exact) mass is 501 g/mol. The second kappa shape index (κ2) is 8.61. The summed E-state index contributed by atoms with van der Waals surface area (Å²) in [5.74, 6) is -0.782. The van der Waals surface area contributed by atoms with E-state index >= 15 is 0 Å². The van der Waals surface area contributed by atoms with Gasteiger partial charge < -0.3 is 14.8 Å². The summed E-state index contributed by atoms with van der Waals surface area (Å²) < 4.78 is 11.9. The topological polar surface area (TPSA) is 112 Å². The number of ketones is 1. The van der Waals surface area contributed by atoms with E-state index in [1.54, 1.807) is 18.2 Å². The number of fused-ring (bicyclic) bond motifs is 3. The average Bonchev–Trinajstić information content (AvgIpc) is 3.25. The number of hydrogen-bond donors (Lipinski definition) is 1. The fourth-order valence-corrected chi connectivity index (χ4v) is 6.38. The number of nitriles is 2. The largest absolute Gasteiger partial charge is 0.497 e. The lowest BCUT2D eigenvalue weighted by Crippen LogP contribution is -2.58. The van der Waals surface area contributed by atoms with E-state index in [0.29, 0.717) is 28.3 Å². The first-order valence-electron chi connectivity index (χ1n) is 12.4. The van der Waals surface area contributed by atoms with Gasteiger partial charge in [-0.3, -0.25) is 9.59 Å². The first-order chi connectivity index (χ1) is 18.5. The van der Waals surface area contributed by atoms with Gasteiger partial charge in [-0.25, -0.2) is 0 Å². The molecule has 6 rings (SSSR count). The Hall–Kier alpha value is -4.88. The maximum Gasteiger partial charge on any atom is 0.242 e. The zero-order valence-electron chi connectivity index (χ0n) is 20.6. The van der Waals surface area contributed by atoms with Crippen molar-refractivity contribution in [2.24, 2.45) is 5.41 Å². The molecule has 0 saturated carbocycles. The van der Waals surface area contributed by atoms with Crippen molar-refractivity contribution in [1.82, 2.24) is 0 Å². The van der Waals surface area contributed by atoms with Crippen LogP contribution in [0.2, 0.25) is 0 Å². The molecule has 2 heterocycles. The molecule has 3 atom stereocenters. The van der Waals surface area contributed by atoms with Gasteiger partial charge in [-0.15, -0.1) is 0 Å². The van der Waals surface area contributed by atoms with Crippen LogP contribution in [-0.4, -0.2) is 18.8 Å². The van der Waals surface area contributed by atoms with Crippen LogP contribution >= 0.6 is 0 Å². The number of carbonyl (C=O) groups excluding carboxylic acids is 2. The summed E-state index contributed by atoms with van der Waals surface area (Å²) in [6.45, 7) is 0. The molecule has 0 fully saturated rings. The molecule has 3 aromatic rings. The highest BCUT2D eigenvalue weighted by molar-refractivity contribution is 6.18. The summed E-state index contributed by atoms with van der Waals surface area (Å²) in [7, 11) is 1.51. The highest BCUT2D eigenvalue weighted by Gasteiger charge is 2.72. The van der Waals surface area contributed by atoms with Crippen LogP contribution in [0.3, 0.4) is 0 Å². The van der Waals surface area contributed by atoms with E-state index in [2.05, 4.69) is 17.5 Å². The van der Waals surface area contributed by atoms with Crippen LogP contribution in [0.4, 0.5) is 5.69 Å². The average molecular weight is 502 g/mol. The first kappa shape index (κ1) is 23.5. The summed E-state index contributed by atoms with van der Waals surface area (Å²) in [6.07, 6.45) is -0.407. The van der Waals surface area contributed by atoms with Crippen LogP contribution in [-0.2, 0) is 19.7 Å². The Kier molecular flexibility index (Phi) is 5.33. The van der Waals surface area contributed by atoms with Crippen LogP contribution < -0.4 is 10.1 Å². The molecule has 7 heteroatoms. The Bertz CT molecular complexity index is 1570. The van der Waals surface area contributed by atoms with E-state index in [1.165, 1.54) is 7.11 Å². The van der Waals surface area contributed by atoms with Gasteiger partial charge in [0.2, 0.25) is 5.91 Å². The third kappa shape index (κ3) is 2.99. The SMILES string of the molecule is COc1ccc2c(c1)NC(=O)[C@]21C2=C(C[C@H](c3ccccc3)C1(C#N)C#N)O[C@H](c1ccccc1)CC2=O. The van der Waals surface area contributed by atoms with Gasteiger partial charge in [0.05, 0.1) is 31.2 Å². The molecular formula is C31H23N3O4. The zero-order valence-corrected chi connectivity index (χ0v) is 20.6. The molecule has 1 N–H and O–H groups in total. The van der Waals surface area contributed by atoms with E-state index in [-0.39, 0.29) is 24.2 Å². The highest BCUT2D eigenvalue weighted by Crippen LogP contribution is 2.65. The number of carbonyl (C=O) groups is 2. The van der Waals surface area contributed by atoms with E-state index in [4.69, 9.17) is 9.47 Å². The fraction of sp³-hybridized carbons (Fsp3) is 0.226. The third-order valence-corrected chi connectivity index (χ3v) is 8.04. The number of amides is 1. The minimum Gasteiger partial charge on any atom is -0.497 e. The molecule has 3 aliphatic rings. The molecule has 38 heavy (non-hydrogen) atoms. The number of nitrogens with zero attached hydrogens (tertiary/aromatic N) is 2. The van der Waals surface area contributed by atoms with Gasteiger partial charge in [0.1, 0.15) is 23.0 Å². The molecule has 2 aliphatic heterocycles. The predicted octanol–water partition coefficient (Wildman–Crippen LogP) is 5.09. The molecule has 1 amide bonds. The molecule has 7 nitrogen and oxygen atoms in total. The molecule has 0 radical (unpaired) electrons. The van der Waals surface area contributed by atoms with Crippen molar-refractivity contribution in [2.75, 3.05) is 12.4 Å². The van der Waals surface area contributed by atoms with Crippen molar-refractivity contribution in [1.29, 1.82) is 10.5 Å². The first-order valence-corrected chi connectivity index (χ1v) is 12.4. The Morgan fingerprint density at radius 1 is 0.921 bits per heavy atom. The molecule has 0 saturated heterocycles. The number of benzene rings is 3. The van der Waals surface area contributed by atoms with Gasteiger partial charge in [0.15, 0.2) is 11.2 Å². The summed E-state index contributed by atoms with van der Waals surface area (Å²) in [5, 5.41) is 24.5. The normalized spacial score (nSPS) is 24.9. The maximum absolute atomic E-state index is 14.2. The Morgan fingerprint density at radius 3 is 2.21 bits per heavy atom. The van der Waals surface area contributed by atoms with Crippen molar-refractivity contribution in [3.8, 4) is 17.9 Å². The summed E-state index contributed by atoms with van der Waals surface area (Å²) in [5.41, 5.74) is -1.34. The van der Waals surface area contributed by atoms with Crippen molar-refractivity contribution < 1.29 is 19.1 Å². The number of Topliss-reactive ketones (excluding diaryl/α,β-unsaturated/α-hetero) is 1. The smallest absolute Gasteiger partial charge is 0.242 e. The van der Waals surface area contributed by atoms with Crippen molar-refractivity contribution in [2.45, 2.75) is 30.3 Å². The fourth-order valence-electron chi connectivity index (χ4n) is 6.38.